The van der Waals surface area contributed by atoms with Gasteiger partial charge in [0.05, 0.1) is 0 Å². The minimum atomic E-state index is -0.907. The molecule has 1 heterocycles. The summed E-state index contributed by atoms with van der Waals surface area (Å²) in [6.07, 6.45) is 3.85. The van der Waals surface area contributed by atoms with Crippen LogP contribution in [0.2, 0.25) is 0 Å². The van der Waals surface area contributed by atoms with Gasteiger partial charge in [0.1, 0.15) is 6.04 Å². The Morgan fingerprint density at radius 2 is 2.15 bits per heavy atom. The van der Waals surface area contributed by atoms with Crippen LogP contribution in [0.25, 0.3) is 0 Å². The van der Waals surface area contributed by atoms with E-state index in [0.717, 1.165) is 12.8 Å². The van der Waals surface area contributed by atoms with Crippen LogP contribution in [0.3, 0.4) is 0 Å². The predicted octanol–water partition coefficient (Wildman–Crippen LogP) is 0.376. The molecule has 2 fully saturated rings. The van der Waals surface area contributed by atoms with Gasteiger partial charge in [-0.25, -0.2) is 4.79 Å². The van der Waals surface area contributed by atoms with Crippen LogP contribution in [0.15, 0.2) is 0 Å². The lowest BCUT2D eigenvalue weighted by molar-refractivity contribution is -0.140. The van der Waals surface area contributed by atoms with Gasteiger partial charge in [0.2, 0.25) is 5.91 Å². The van der Waals surface area contributed by atoms with Crippen LogP contribution >= 0.6 is 0 Å². The molecule has 1 saturated heterocycles. The Labute approximate surface area is 76.3 Å². The first-order chi connectivity index (χ1) is 6.18. The van der Waals surface area contributed by atoms with Crippen LogP contribution in [0, 0.1) is 11.8 Å². The molecular weight excluding hydrogens is 170 g/mol. The van der Waals surface area contributed by atoms with Gasteiger partial charge in [-0.1, -0.05) is 6.42 Å². The van der Waals surface area contributed by atoms with Gasteiger partial charge in [-0.2, -0.15) is 0 Å². The Bertz CT molecular complexity index is 247. The number of rotatable bonds is 2. The van der Waals surface area contributed by atoms with Crippen molar-refractivity contribution in [3.63, 3.8) is 0 Å². The Balaban J connectivity index is 1.98. The fourth-order valence-electron chi connectivity index (χ4n) is 2.11. The molecule has 13 heavy (non-hydrogen) atoms. The van der Waals surface area contributed by atoms with Crippen LogP contribution in [0.5, 0.6) is 0 Å². The largest absolute Gasteiger partial charge is 0.480 e. The SMILES string of the molecule is O=C(O)C1CC(C2CCC2)C(=O)N1. The van der Waals surface area contributed by atoms with Gasteiger partial charge < -0.3 is 10.4 Å². The molecule has 1 aliphatic carbocycles. The Morgan fingerprint density at radius 1 is 1.46 bits per heavy atom. The predicted molar refractivity (Wildman–Crippen MR) is 45.0 cm³/mol. The zero-order chi connectivity index (χ0) is 9.42. The van der Waals surface area contributed by atoms with E-state index in [1.165, 1.54) is 6.42 Å². The summed E-state index contributed by atoms with van der Waals surface area (Å²) in [5.74, 6) is -0.550. The molecule has 0 aromatic rings. The van der Waals surface area contributed by atoms with Gasteiger partial charge in [0.25, 0.3) is 0 Å². The maximum Gasteiger partial charge on any atom is 0.326 e. The number of hydrogen-bond acceptors (Lipinski definition) is 2. The Kier molecular flexibility index (Phi) is 1.98. The van der Waals surface area contributed by atoms with E-state index in [9.17, 15) is 9.59 Å². The first-order valence-electron chi connectivity index (χ1n) is 4.71. The molecular formula is C9H13NO3. The number of amides is 1. The maximum absolute atomic E-state index is 11.3. The first-order valence-corrected chi connectivity index (χ1v) is 4.71. The van der Waals surface area contributed by atoms with E-state index in [2.05, 4.69) is 5.32 Å². The van der Waals surface area contributed by atoms with Crippen molar-refractivity contribution in [2.45, 2.75) is 31.7 Å². The number of carboxylic acid groups (broad SMARTS) is 1. The summed E-state index contributed by atoms with van der Waals surface area (Å²) < 4.78 is 0. The third-order valence-corrected chi connectivity index (χ3v) is 3.16. The molecule has 1 amide bonds. The monoisotopic (exact) mass is 183 g/mol. The second kappa shape index (κ2) is 3.01. The van der Waals surface area contributed by atoms with Crippen molar-refractivity contribution in [3.05, 3.63) is 0 Å². The number of carboxylic acids is 1. The smallest absolute Gasteiger partial charge is 0.326 e. The van der Waals surface area contributed by atoms with E-state index in [1.54, 1.807) is 0 Å². The molecule has 0 spiro atoms. The fraction of sp³-hybridized carbons (Fsp3) is 0.778. The average Bonchev–Trinajstić information content (AvgIpc) is 2.29. The van der Waals surface area contributed by atoms with Crippen molar-refractivity contribution in [2.24, 2.45) is 11.8 Å². The molecule has 2 atom stereocenters. The molecule has 2 rings (SSSR count). The molecule has 2 N–H and O–H groups in total. The van der Waals surface area contributed by atoms with Crippen LogP contribution < -0.4 is 5.32 Å². The Morgan fingerprint density at radius 3 is 2.54 bits per heavy atom. The summed E-state index contributed by atoms with van der Waals surface area (Å²) in [6.45, 7) is 0. The average molecular weight is 183 g/mol. The van der Waals surface area contributed by atoms with Crippen molar-refractivity contribution in [1.82, 2.24) is 5.32 Å². The number of aliphatic carboxylic acids is 1. The lowest BCUT2D eigenvalue weighted by atomic mass is 9.75. The minimum absolute atomic E-state index is 0.0325. The zero-order valence-corrected chi connectivity index (χ0v) is 7.32. The molecule has 72 valence electrons. The third kappa shape index (κ3) is 1.41. The second-order valence-electron chi connectivity index (χ2n) is 3.93. The second-order valence-corrected chi connectivity index (χ2v) is 3.93. The topological polar surface area (TPSA) is 66.4 Å². The van der Waals surface area contributed by atoms with Crippen molar-refractivity contribution >= 4 is 11.9 Å². The lowest BCUT2D eigenvalue weighted by Crippen LogP contribution is -2.33. The first kappa shape index (κ1) is 8.53. The summed E-state index contributed by atoms with van der Waals surface area (Å²) >= 11 is 0. The number of hydrogen-bond donors (Lipinski definition) is 2. The standard InChI is InChI=1S/C9H13NO3/c11-8-6(5-2-1-3-5)4-7(10-8)9(12)13/h5-7H,1-4H2,(H,10,11)(H,12,13). The normalized spacial score (nSPS) is 34.0. The van der Waals surface area contributed by atoms with Crippen molar-refractivity contribution < 1.29 is 14.7 Å². The highest BCUT2D eigenvalue weighted by Crippen LogP contribution is 2.37. The van der Waals surface area contributed by atoms with Crippen LogP contribution in [0.1, 0.15) is 25.7 Å². The van der Waals surface area contributed by atoms with E-state index in [4.69, 9.17) is 5.11 Å². The highest BCUT2D eigenvalue weighted by Gasteiger charge is 2.42. The summed E-state index contributed by atoms with van der Waals surface area (Å²) in [6, 6.07) is -0.641. The van der Waals surface area contributed by atoms with Crippen LogP contribution in [-0.4, -0.2) is 23.0 Å². The lowest BCUT2D eigenvalue weighted by Gasteiger charge is -2.29. The van der Waals surface area contributed by atoms with E-state index in [1.807, 2.05) is 0 Å². The fourth-order valence-corrected chi connectivity index (χ4v) is 2.11. The number of carbonyl (C=O) groups excluding carboxylic acids is 1. The molecule has 2 aliphatic rings. The molecule has 1 aliphatic heterocycles. The van der Waals surface area contributed by atoms with Gasteiger partial charge in [0, 0.05) is 5.92 Å². The van der Waals surface area contributed by atoms with E-state index in [-0.39, 0.29) is 11.8 Å². The van der Waals surface area contributed by atoms with Gasteiger partial charge in [-0.15, -0.1) is 0 Å². The van der Waals surface area contributed by atoms with Crippen LogP contribution in [0.4, 0.5) is 0 Å². The summed E-state index contributed by atoms with van der Waals surface area (Å²) in [4.78, 5) is 22.0. The van der Waals surface area contributed by atoms with Crippen LogP contribution in [-0.2, 0) is 9.59 Å². The molecule has 0 aromatic heterocycles. The zero-order valence-electron chi connectivity index (χ0n) is 7.32. The molecule has 2 unspecified atom stereocenters. The van der Waals surface area contributed by atoms with E-state index < -0.39 is 12.0 Å². The highest BCUT2D eigenvalue weighted by molar-refractivity contribution is 5.89. The van der Waals surface area contributed by atoms with Gasteiger partial charge >= 0.3 is 5.97 Å². The van der Waals surface area contributed by atoms with Crippen molar-refractivity contribution in [2.75, 3.05) is 0 Å². The van der Waals surface area contributed by atoms with Crippen molar-refractivity contribution in [1.29, 1.82) is 0 Å². The number of carbonyl (C=O) groups is 2. The minimum Gasteiger partial charge on any atom is -0.480 e. The quantitative estimate of drug-likeness (QED) is 0.650. The van der Waals surface area contributed by atoms with Gasteiger partial charge in [-0.3, -0.25) is 4.79 Å². The molecule has 4 heteroatoms. The molecule has 0 bridgehead atoms. The van der Waals surface area contributed by atoms with Gasteiger partial charge in [-0.05, 0) is 25.2 Å². The highest BCUT2D eigenvalue weighted by atomic mass is 16.4. The number of nitrogens with one attached hydrogen (secondary N) is 1. The Hall–Kier alpha value is -1.06. The molecule has 0 radical (unpaired) electrons. The molecule has 0 aromatic carbocycles. The summed E-state index contributed by atoms with van der Waals surface area (Å²) in [5.41, 5.74) is 0. The van der Waals surface area contributed by atoms with E-state index >= 15 is 0 Å². The van der Waals surface area contributed by atoms with Gasteiger partial charge in [0.15, 0.2) is 0 Å². The van der Waals surface area contributed by atoms with E-state index in [0.29, 0.717) is 12.3 Å². The summed E-state index contributed by atoms with van der Waals surface area (Å²) in [5, 5.41) is 11.2. The van der Waals surface area contributed by atoms with Crippen molar-refractivity contribution in [3.8, 4) is 0 Å². The molecule has 1 saturated carbocycles. The third-order valence-electron chi connectivity index (χ3n) is 3.16. The summed E-state index contributed by atoms with van der Waals surface area (Å²) in [7, 11) is 0. The maximum atomic E-state index is 11.3. The molecule has 4 nitrogen and oxygen atoms in total.